The number of ether oxygens (including phenoxy) is 1. The summed E-state index contributed by atoms with van der Waals surface area (Å²) >= 11 is 1.33. The molecule has 0 bridgehead atoms. The van der Waals surface area contributed by atoms with E-state index >= 15 is 0 Å². The van der Waals surface area contributed by atoms with Gasteiger partial charge in [0, 0.05) is 5.69 Å². The molecule has 1 amide bonds. The maximum atomic E-state index is 12.6. The second-order valence-corrected chi connectivity index (χ2v) is 8.88. The Morgan fingerprint density at radius 3 is 2.62 bits per heavy atom. The van der Waals surface area contributed by atoms with Crippen LogP contribution in [-0.2, 0) is 11.3 Å². The lowest BCUT2D eigenvalue weighted by Crippen LogP contribution is -2.15. The zero-order valence-electron chi connectivity index (χ0n) is 19.5. The summed E-state index contributed by atoms with van der Waals surface area (Å²) < 4.78 is 13.0. The predicted molar refractivity (Wildman–Crippen MR) is 134 cm³/mol. The second kappa shape index (κ2) is 11.1. The van der Waals surface area contributed by atoms with E-state index in [-0.39, 0.29) is 11.7 Å². The zero-order chi connectivity index (χ0) is 23.9. The number of para-hydroxylation sites is 1. The van der Waals surface area contributed by atoms with E-state index in [2.05, 4.69) is 41.5 Å². The molecule has 0 aliphatic heterocycles. The van der Waals surface area contributed by atoms with Crippen molar-refractivity contribution in [2.75, 3.05) is 18.2 Å². The van der Waals surface area contributed by atoms with E-state index in [0.29, 0.717) is 29.2 Å². The molecule has 2 aromatic heterocycles. The first-order chi connectivity index (χ1) is 16.6. The Morgan fingerprint density at radius 1 is 1.12 bits per heavy atom. The van der Waals surface area contributed by atoms with Crippen LogP contribution in [-0.4, -0.2) is 33.5 Å². The summed E-state index contributed by atoms with van der Waals surface area (Å²) in [7, 11) is 1.63. The minimum Gasteiger partial charge on any atom is -0.496 e. The molecule has 7 nitrogen and oxygen atoms in total. The summed E-state index contributed by atoms with van der Waals surface area (Å²) in [5.74, 6) is 2.72. The molecule has 2 aromatic carbocycles. The number of rotatable bonds is 10. The molecule has 0 aliphatic carbocycles. The Labute approximate surface area is 203 Å². The highest BCUT2D eigenvalue weighted by atomic mass is 32.2. The van der Waals surface area contributed by atoms with Gasteiger partial charge >= 0.3 is 0 Å². The highest BCUT2D eigenvalue weighted by Gasteiger charge is 2.19. The summed E-state index contributed by atoms with van der Waals surface area (Å²) in [6.45, 7) is 4.80. The molecule has 0 aliphatic rings. The van der Waals surface area contributed by atoms with E-state index in [1.54, 1.807) is 13.4 Å². The van der Waals surface area contributed by atoms with Crippen molar-refractivity contribution in [2.45, 2.75) is 37.9 Å². The number of methoxy groups -OCH3 is 1. The van der Waals surface area contributed by atoms with Crippen molar-refractivity contribution in [2.24, 2.45) is 0 Å². The largest absolute Gasteiger partial charge is 0.496 e. The van der Waals surface area contributed by atoms with Crippen LogP contribution in [0.4, 0.5) is 5.69 Å². The zero-order valence-corrected chi connectivity index (χ0v) is 20.3. The van der Waals surface area contributed by atoms with Crippen molar-refractivity contribution in [1.82, 2.24) is 14.8 Å². The molecule has 0 saturated carbocycles. The van der Waals surface area contributed by atoms with Crippen molar-refractivity contribution in [3.63, 3.8) is 0 Å². The van der Waals surface area contributed by atoms with Gasteiger partial charge in [-0.25, -0.2) is 0 Å². The van der Waals surface area contributed by atoms with Gasteiger partial charge in [0.15, 0.2) is 11.0 Å². The lowest BCUT2D eigenvalue weighted by Gasteiger charge is -2.12. The first-order valence-electron chi connectivity index (χ1n) is 11.2. The lowest BCUT2D eigenvalue weighted by atomic mass is 9.99. The molecule has 4 rings (SSSR count). The number of anilines is 1. The molecule has 0 spiro atoms. The molecule has 8 heteroatoms. The molecule has 4 aromatic rings. The van der Waals surface area contributed by atoms with Crippen LogP contribution in [0.3, 0.4) is 0 Å². The minimum atomic E-state index is -0.104. The van der Waals surface area contributed by atoms with E-state index in [0.717, 1.165) is 23.4 Å². The summed E-state index contributed by atoms with van der Waals surface area (Å²) in [6.07, 6.45) is 2.72. The summed E-state index contributed by atoms with van der Waals surface area (Å²) in [6, 6.07) is 19.4. The fourth-order valence-corrected chi connectivity index (χ4v) is 4.32. The van der Waals surface area contributed by atoms with E-state index < -0.39 is 0 Å². The summed E-state index contributed by atoms with van der Waals surface area (Å²) in [5.41, 5.74) is 2.87. The van der Waals surface area contributed by atoms with Gasteiger partial charge in [-0.3, -0.25) is 9.36 Å². The van der Waals surface area contributed by atoms with Crippen LogP contribution in [0.1, 0.15) is 37.5 Å². The highest BCUT2D eigenvalue weighted by Crippen LogP contribution is 2.31. The topological polar surface area (TPSA) is 82.2 Å². The third-order valence-corrected chi connectivity index (χ3v) is 6.63. The third-order valence-electron chi connectivity index (χ3n) is 5.67. The van der Waals surface area contributed by atoms with Crippen LogP contribution in [0, 0.1) is 0 Å². The number of aromatic nitrogens is 3. The summed E-state index contributed by atoms with van der Waals surface area (Å²) in [5, 5.41) is 12.4. The van der Waals surface area contributed by atoms with Crippen LogP contribution in [0.15, 0.2) is 76.5 Å². The van der Waals surface area contributed by atoms with E-state index in [1.807, 2.05) is 53.1 Å². The molecule has 0 unspecified atom stereocenters. The first-order valence-corrected chi connectivity index (χ1v) is 12.2. The van der Waals surface area contributed by atoms with Gasteiger partial charge in [-0.15, -0.1) is 10.2 Å². The Kier molecular flexibility index (Phi) is 7.69. The standard InChI is InChI=1S/C26H28N4O3S/c1-4-18(2)19-11-13-20(14-12-19)27-24(31)17-34-26-29-28-25(22-9-5-6-10-23(22)32-3)30(26)16-21-8-7-15-33-21/h5-15,18H,4,16-17H2,1-3H3,(H,27,31)/t18-/m0/s1. The third kappa shape index (κ3) is 5.51. The van der Waals surface area contributed by atoms with Gasteiger partial charge in [0.25, 0.3) is 0 Å². The quantitative estimate of drug-likeness (QED) is 0.290. The maximum absolute atomic E-state index is 12.6. The molecule has 1 atom stereocenters. The molecule has 34 heavy (non-hydrogen) atoms. The number of carbonyl (C=O) groups excluding carboxylic acids is 1. The highest BCUT2D eigenvalue weighted by molar-refractivity contribution is 7.99. The molecule has 1 N–H and O–H groups in total. The van der Waals surface area contributed by atoms with Crippen LogP contribution in [0.25, 0.3) is 11.4 Å². The van der Waals surface area contributed by atoms with Crippen molar-refractivity contribution in [3.8, 4) is 17.1 Å². The average Bonchev–Trinajstić information content (AvgIpc) is 3.53. The Balaban J connectivity index is 1.50. The van der Waals surface area contributed by atoms with Gasteiger partial charge in [-0.1, -0.05) is 49.9 Å². The van der Waals surface area contributed by atoms with Gasteiger partial charge in [-0.2, -0.15) is 0 Å². The van der Waals surface area contributed by atoms with E-state index in [9.17, 15) is 4.79 Å². The summed E-state index contributed by atoms with van der Waals surface area (Å²) in [4.78, 5) is 12.6. The van der Waals surface area contributed by atoms with Gasteiger partial charge in [0.2, 0.25) is 5.91 Å². The van der Waals surface area contributed by atoms with Gasteiger partial charge in [0.1, 0.15) is 11.5 Å². The van der Waals surface area contributed by atoms with Crippen LogP contribution >= 0.6 is 11.8 Å². The minimum absolute atomic E-state index is 0.104. The number of nitrogens with one attached hydrogen (secondary N) is 1. The molecule has 2 heterocycles. The number of furan rings is 1. The molecule has 176 valence electrons. The van der Waals surface area contributed by atoms with Crippen molar-refractivity contribution in [1.29, 1.82) is 0 Å². The number of amides is 1. The van der Waals surface area contributed by atoms with Gasteiger partial charge in [-0.05, 0) is 54.3 Å². The molecular weight excluding hydrogens is 448 g/mol. The number of hydrogen-bond donors (Lipinski definition) is 1. The van der Waals surface area contributed by atoms with E-state index in [1.165, 1.54) is 17.3 Å². The average molecular weight is 477 g/mol. The molecular formula is C26H28N4O3S. The SMILES string of the molecule is CC[C@H](C)c1ccc(NC(=O)CSc2nnc(-c3ccccc3OC)n2Cc2ccco2)cc1. The molecule has 0 radical (unpaired) electrons. The molecule has 0 fully saturated rings. The Bertz CT molecular complexity index is 1220. The fraction of sp³-hybridized carbons (Fsp3) is 0.269. The number of thioether (sulfide) groups is 1. The van der Waals surface area contributed by atoms with Gasteiger partial charge in [0.05, 0.1) is 31.2 Å². The monoisotopic (exact) mass is 476 g/mol. The Hall–Kier alpha value is -3.52. The van der Waals surface area contributed by atoms with Crippen molar-refractivity contribution in [3.05, 3.63) is 78.3 Å². The van der Waals surface area contributed by atoms with Crippen molar-refractivity contribution < 1.29 is 13.9 Å². The van der Waals surface area contributed by atoms with Crippen LogP contribution in [0.2, 0.25) is 0 Å². The predicted octanol–water partition coefficient (Wildman–Crippen LogP) is 5.84. The number of nitrogens with zero attached hydrogens (tertiary/aromatic N) is 3. The first kappa shape index (κ1) is 23.6. The lowest BCUT2D eigenvalue weighted by molar-refractivity contribution is -0.113. The maximum Gasteiger partial charge on any atom is 0.234 e. The normalized spacial score (nSPS) is 11.9. The van der Waals surface area contributed by atoms with Crippen molar-refractivity contribution >= 4 is 23.4 Å². The number of carbonyl (C=O) groups is 1. The van der Waals surface area contributed by atoms with Crippen LogP contribution < -0.4 is 10.1 Å². The smallest absolute Gasteiger partial charge is 0.234 e. The number of benzene rings is 2. The van der Waals surface area contributed by atoms with Crippen LogP contribution in [0.5, 0.6) is 5.75 Å². The van der Waals surface area contributed by atoms with Gasteiger partial charge < -0.3 is 14.5 Å². The Morgan fingerprint density at radius 2 is 1.91 bits per heavy atom. The second-order valence-electron chi connectivity index (χ2n) is 7.94. The molecule has 0 saturated heterocycles. The van der Waals surface area contributed by atoms with E-state index in [4.69, 9.17) is 9.15 Å². The number of hydrogen-bond acceptors (Lipinski definition) is 6. The fourth-order valence-electron chi connectivity index (χ4n) is 3.58.